The molecule has 0 saturated heterocycles. The first-order valence-electron chi connectivity index (χ1n) is 6.29. The highest BCUT2D eigenvalue weighted by molar-refractivity contribution is 5.36. The van der Waals surface area contributed by atoms with Gasteiger partial charge in [-0.15, -0.1) is 0 Å². The minimum absolute atomic E-state index is 0.409. The molecule has 0 fully saturated rings. The van der Waals surface area contributed by atoms with E-state index in [0.717, 1.165) is 5.56 Å². The van der Waals surface area contributed by atoms with Gasteiger partial charge in [-0.25, -0.2) is 4.98 Å². The molecule has 6 heteroatoms. The average Bonchev–Trinajstić information content (AvgIpc) is 3.02. The van der Waals surface area contributed by atoms with E-state index in [1.807, 2.05) is 12.1 Å². The Balaban J connectivity index is 1.82. The van der Waals surface area contributed by atoms with E-state index in [4.69, 9.17) is 10.00 Å². The normalized spacial score (nSPS) is 10.0. The molecule has 21 heavy (non-hydrogen) atoms. The Morgan fingerprint density at radius 3 is 2.76 bits per heavy atom. The van der Waals surface area contributed by atoms with Crippen LogP contribution < -0.4 is 4.74 Å². The van der Waals surface area contributed by atoms with Crippen molar-refractivity contribution in [2.45, 2.75) is 6.61 Å². The summed E-state index contributed by atoms with van der Waals surface area (Å²) in [6.07, 6.45) is 6.63. The van der Waals surface area contributed by atoms with Crippen LogP contribution in [0, 0.1) is 11.3 Å². The summed E-state index contributed by atoms with van der Waals surface area (Å²) in [5.41, 5.74) is 1.53. The molecule has 3 heterocycles. The number of nitriles is 1. The summed E-state index contributed by atoms with van der Waals surface area (Å²) in [4.78, 5) is 8.17. The van der Waals surface area contributed by atoms with Crippen molar-refractivity contribution in [3.05, 3.63) is 66.2 Å². The van der Waals surface area contributed by atoms with Gasteiger partial charge in [0.15, 0.2) is 5.82 Å². The van der Waals surface area contributed by atoms with E-state index in [2.05, 4.69) is 21.1 Å². The minimum atomic E-state index is 0.409. The lowest BCUT2D eigenvalue weighted by Crippen LogP contribution is -2.05. The summed E-state index contributed by atoms with van der Waals surface area (Å²) in [5.74, 6) is 1.11. The predicted molar refractivity (Wildman–Crippen MR) is 74.6 cm³/mol. The van der Waals surface area contributed by atoms with Gasteiger partial charge < -0.3 is 4.74 Å². The average molecular weight is 277 g/mol. The van der Waals surface area contributed by atoms with E-state index in [1.54, 1.807) is 47.7 Å². The zero-order valence-corrected chi connectivity index (χ0v) is 11.0. The lowest BCUT2D eigenvalue weighted by molar-refractivity contribution is 0.284. The van der Waals surface area contributed by atoms with E-state index in [9.17, 15) is 0 Å². The van der Waals surface area contributed by atoms with Crippen LogP contribution in [-0.4, -0.2) is 19.7 Å². The van der Waals surface area contributed by atoms with Crippen LogP contribution >= 0.6 is 0 Å². The molecule has 0 atom stereocenters. The van der Waals surface area contributed by atoms with Crippen molar-refractivity contribution in [3.8, 4) is 17.8 Å². The van der Waals surface area contributed by atoms with Crippen molar-refractivity contribution in [2.75, 3.05) is 0 Å². The van der Waals surface area contributed by atoms with Crippen LogP contribution in [0.1, 0.15) is 11.1 Å². The van der Waals surface area contributed by atoms with Gasteiger partial charge in [-0.05, 0) is 23.8 Å². The maximum atomic E-state index is 8.94. The highest BCUT2D eigenvalue weighted by atomic mass is 16.5. The molecule has 0 aliphatic carbocycles. The summed E-state index contributed by atoms with van der Waals surface area (Å²) in [7, 11) is 0. The number of pyridine rings is 2. The molecule has 0 aromatic carbocycles. The Kier molecular flexibility index (Phi) is 3.56. The van der Waals surface area contributed by atoms with Gasteiger partial charge in [-0.2, -0.15) is 15.0 Å². The molecule has 102 valence electrons. The monoisotopic (exact) mass is 277 g/mol. The Morgan fingerprint density at radius 1 is 1.10 bits per heavy atom. The number of rotatable bonds is 4. The summed E-state index contributed by atoms with van der Waals surface area (Å²) in [6, 6.07) is 10.9. The maximum absolute atomic E-state index is 8.94. The van der Waals surface area contributed by atoms with Crippen molar-refractivity contribution >= 4 is 0 Å². The van der Waals surface area contributed by atoms with E-state index in [1.165, 1.54) is 0 Å². The minimum Gasteiger partial charge on any atom is -0.473 e. The van der Waals surface area contributed by atoms with Gasteiger partial charge in [-0.3, -0.25) is 4.98 Å². The number of aromatic nitrogens is 4. The Morgan fingerprint density at radius 2 is 1.95 bits per heavy atom. The highest BCUT2D eigenvalue weighted by Gasteiger charge is 2.08. The smallest absolute Gasteiger partial charge is 0.218 e. The van der Waals surface area contributed by atoms with E-state index < -0.39 is 0 Å². The second-order valence-electron chi connectivity index (χ2n) is 4.24. The van der Waals surface area contributed by atoms with Gasteiger partial charge in [0, 0.05) is 30.7 Å². The molecule has 0 bridgehead atoms. The largest absolute Gasteiger partial charge is 0.473 e. The highest BCUT2D eigenvalue weighted by Crippen LogP contribution is 2.17. The zero-order valence-electron chi connectivity index (χ0n) is 11.0. The number of hydrogen-bond donors (Lipinski definition) is 0. The first-order valence-corrected chi connectivity index (χ1v) is 6.29. The van der Waals surface area contributed by atoms with Crippen LogP contribution in [0.4, 0.5) is 0 Å². The van der Waals surface area contributed by atoms with Gasteiger partial charge in [0.2, 0.25) is 5.88 Å². The summed E-state index contributed by atoms with van der Waals surface area (Å²) < 4.78 is 7.30. The standard InChI is InChI=1S/C15H11N5O/c16-10-13-3-7-18-14(9-13)20-15(4-8-19-20)21-11-12-1-5-17-6-2-12/h1-9H,11H2. The molecule has 3 aromatic rings. The maximum Gasteiger partial charge on any atom is 0.218 e. The third kappa shape index (κ3) is 2.87. The van der Waals surface area contributed by atoms with Gasteiger partial charge in [0.1, 0.15) is 6.61 Å². The molecule has 6 nitrogen and oxygen atoms in total. The van der Waals surface area contributed by atoms with Crippen molar-refractivity contribution in [1.29, 1.82) is 5.26 Å². The molecule has 0 aliphatic heterocycles. The third-order valence-electron chi connectivity index (χ3n) is 2.84. The molecule has 0 aliphatic rings. The molecule has 0 N–H and O–H groups in total. The van der Waals surface area contributed by atoms with Crippen LogP contribution in [0.25, 0.3) is 5.82 Å². The lowest BCUT2D eigenvalue weighted by atomic mass is 10.3. The first-order chi connectivity index (χ1) is 10.4. The number of nitrogens with zero attached hydrogens (tertiary/aromatic N) is 5. The molecule has 0 amide bonds. The Hall–Kier alpha value is -3.20. The molecule has 3 aromatic heterocycles. The third-order valence-corrected chi connectivity index (χ3v) is 2.84. The molecule has 3 rings (SSSR count). The Bertz CT molecular complexity index is 776. The van der Waals surface area contributed by atoms with Gasteiger partial charge in [0.25, 0.3) is 0 Å². The van der Waals surface area contributed by atoms with Gasteiger partial charge in [0.05, 0.1) is 17.8 Å². The molecule has 0 saturated carbocycles. The first kappa shape index (κ1) is 12.8. The van der Waals surface area contributed by atoms with Crippen molar-refractivity contribution in [2.24, 2.45) is 0 Å². The fraction of sp³-hybridized carbons (Fsp3) is 0.0667. The molecule has 0 unspecified atom stereocenters. The van der Waals surface area contributed by atoms with E-state index in [-0.39, 0.29) is 0 Å². The van der Waals surface area contributed by atoms with Crippen LogP contribution in [0.2, 0.25) is 0 Å². The van der Waals surface area contributed by atoms with E-state index >= 15 is 0 Å². The van der Waals surface area contributed by atoms with Crippen LogP contribution in [-0.2, 0) is 6.61 Å². The second kappa shape index (κ2) is 5.84. The van der Waals surface area contributed by atoms with Crippen LogP contribution in [0.3, 0.4) is 0 Å². The summed E-state index contributed by atoms with van der Waals surface area (Å²) in [6.45, 7) is 0.409. The molecular formula is C15H11N5O. The fourth-order valence-corrected chi connectivity index (χ4v) is 1.81. The van der Waals surface area contributed by atoms with Crippen molar-refractivity contribution in [1.82, 2.24) is 19.7 Å². The lowest BCUT2D eigenvalue weighted by Gasteiger charge is -2.08. The van der Waals surface area contributed by atoms with E-state index in [0.29, 0.717) is 23.9 Å². The molecular weight excluding hydrogens is 266 g/mol. The van der Waals surface area contributed by atoms with Crippen molar-refractivity contribution in [3.63, 3.8) is 0 Å². The van der Waals surface area contributed by atoms with Crippen molar-refractivity contribution < 1.29 is 4.74 Å². The SMILES string of the molecule is N#Cc1ccnc(-n2nccc2OCc2ccncc2)c1. The van der Waals surface area contributed by atoms with Crippen LogP contribution in [0.5, 0.6) is 5.88 Å². The molecule has 0 spiro atoms. The quantitative estimate of drug-likeness (QED) is 0.730. The van der Waals surface area contributed by atoms with Crippen LogP contribution in [0.15, 0.2) is 55.1 Å². The zero-order chi connectivity index (χ0) is 14.5. The number of hydrogen-bond acceptors (Lipinski definition) is 5. The topological polar surface area (TPSA) is 76.6 Å². The Labute approximate surface area is 121 Å². The predicted octanol–water partition coefficient (Wildman–Crippen LogP) is 2.11. The number of ether oxygens (including phenoxy) is 1. The van der Waals surface area contributed by atoms with Gasteiger partial charge in [-0.1, -0.05) is 0 Å². The fourth-order valence-electron chi connectivity index (χ4n) is 1.81. The summed E-state index contributed by atoms with van der Waals surface area (Å²) >= 11 is 0. The molecule has 0 radical (unpaired) electrons. The second-order valence-corrected chi connectivity index (χ2v) is 4.24. The summed E-state index contributed by atoms with van der Waals surface area (Å²) in [5, 5.41) is 13.1. The van der Waals surface area contributed by atoms with Gasteiger partial charge >= 0.3 is 0 Å².